The third-order valence-corrected chi connectivity index (χ3v) is 6.01. The molecular formula is C24H26ClN3O. The van der Waals surface area contributed by atoms with E-state index in [1.54, 1.807) is 0 Å². The van der Waals surface area contributed by atoms with E-state index in [0.717, 1.165) is 22.3 Å². The van der Waals surface area contributed by atoms with Gasteiger partial charge in [0.2, 0.25) is 0 Å². The summed E-state index contributed by atoms with van der Waals surface area (Å²) in [4.78, 5) is 20.2. The Labute approximate surface area is 176 Å². The Morgan fingerprint density at radius 3 is 2.69 bits per heavy atom. The van der Waals surface area contributed by atoms with Crippen LogP contribution in [-0.4, -0.2) is 24.0 Å². The quantitative estimate of drug-likeness (QED) is 0.599. The Morgan fingerprint density at radius 2 is 1.90 bits per heavy atom. The second kappa shape index (κ2) is 8.83. The highest BCUT2D eigenvalue weighted by atomic mass is 35.5. The minimum atomic E-state index is -0.0955. The zero-order valence-electron chi connectivity index (χ0n) is 16.7. The fraction of sp³-hybridized carbons (Fsp3) is 0.333. The lowest BCUT2D eigenvalue weighted by atomic mass is 9.94. The summed E-state index contributed by atoms with van der Waals surface area (Å²) in [5.74, 6) is 0.769. The molecule has 0 unspecified atom stereocenters. The lowest BCUT2D eigenvalue weighted by Gasteiger charge is -2.32. The molecule has 1 fully saturated rings. The molecule has 3 aromatic rings. The number of hydrogen-bond donors (Lipinski definition) is 1. The molecule has 4 rings (SSSR count). The average Bonchev–Trinajstić information content (AvgIpc) is 2.77. The summed E-state index contributed by atoms with van der Waals surface area (Å²) in [6.45, 7) is 0.434. The van der Waals surface area contributed by atoms with E-state index in [1.807, 2.05) is 54.6 Å². The van der Waals surface area contributed by atoms with E-state index in [-0.39, 0.29) is 5.91 Å². The molecule has 1 aromatic heterocycles. The molecule has 0 aliphatic heterocycles. The third kappa shape index (κ3) is 4.54. The molecule has 0 saturated heterocycles. The van der Waals surface area contributed by atoms with Crippen LogP contribution in [0, 0.1) is 0 Å². The van der Waals surface area contributed by atoms with Crippen molar-refractivity contribution in [2.24, 2.45) is 0 Å². The summed E-state index contributed by atoms with van der Waals surface area (Å²) in [7, 11) is 2.10. The molecule has 29 heavy (non-hydrogen) atoms. The molecule has 0 spiro atoms. The second-order valence-corrected chi connectivity index (χ2v) is 8.20. The maximum Gasteiger partial charge on any atom is 0.252 e. The lowest BCUT2D eigenvalue weighted by Crippen LogP contribution is -2.34. The number of amides is 1. The number of hydrogen-bond acceptors (Lipinski definition) is 3. The van der Waals surface area contributed by atoms with Crippen molar-refractivity contribution in [3.8, 4) is 0 Å². The van der Waals surface area contributed by atoms with Crippen LogP contribution in [0.1, 0.15) is 48.0 Å². The molecule has 1 aliphatic rings. The lowest BCUT2D eigenvalue weighted by molar-refractivity contribution is 0.0952. The second-order valence-electron chi connectivity index (χ2n) is 7.76. The molecule has 5 heteroatoms. The number of pyridine rings is 1. The normalized spacial score (nSPS) is 14.7. The van der Waals surface area contributed by atoms with E-state index in [1.165, 1.54) is 32.1 Å². The molecule has 0 atom stereocenters. The summed E-state index contributed by atoms with van der Waals surface area (Å²) >= 11 is 6.06. The summed E-state index contributed by atoms with van der Waals surface area (Å²) in [6.07, 6.45) is 6.19. The highest BCUT2D eigenvalue weighted by Crippen LogP contribution is 2.28. The number of benzene rings is 2. The molecular weight excluding hydrogens is 382 g/mol. The Morgan fingerprint density at radius 1 is 1.10 bits per heavy atom. The summed E-state index contributed by atoms with van der Waals surface area (Å²) in [5.41, 5.74) is 2.49. The number of rotatable bonds is 5. The first kappa shape index (κ1) is 19.7. The number of para-hydroxylation sites is 1. The molecule has 150 valence electrons. The highest BCUT2D eigenvalue weighted by Gasteiger charge is 2.21. The van der Waals surface area contributed by atoms with Crippen molar-refractivity contribution in [3.05, 3.63) is 70.7 Å². The van der Waals surface area contributed by atoms with Gasteiger partial charge in [-0.1, -0.05) is 61.2 Å². The van der Waals surface area contributed by atoms with E-state index in [9.17, 15) is 4.79 Å². The number of nitrogens with one attached hydrogen (secondary N) is 1. The third-order valence-electron chi connectivity index (χ3n) is 5.77. The van der Waals surface area contributed by atoms with Crippen LogP contribution in [0.25, 0.3) is 10.9 Å². The molecule has 1 aliphatic carbocycles. The maximum atomic E-state index is 13.1. The monoisotopic (exact) mass is 407 g/mol. The van der Waals surface area contributed by atoms with Crippen LogP contribution in [-0.2, 0) is 6.54 Å². The van der Waals surface area contributed by atoms with E-state index in [4.69, 9.17) is 16.6 Å². The number of nitrogens with zero attached hydrogens (tertiary/aromatic N) is 2. The smallest absolute Gasteiger partial charge is 0.252 e. The zero-order chi connectivity index (χ0) is 20.2. The van der Waals surface area contributed by atoms with Crippen molar-refractivity contribution in [2.45, 2.75) is 44.7 Å². The summed E-state index contributed by atoms with van der Waals surface area (Å²) in [6, 6.07) is 17.8. The van der Waals surface area contributed by atoms with E-state index in [2.05, 4.69) is 17.3 Å². The fourth-order valence-corrected chi connectivity index (χ4v) is 4.32. The van der Waals surface area contributed by atoms with Gasteiger partial charge >= 0.3 is 0 Å². The van der Waals surface area contributed by atoms with Gasteiger partial charge < -0.3 is 10.2 Å². The Kier molecular flexibility index (Phi) is 6.00. The van der Waals surface area contributed by atoms with Crippen LogP contribution < -0.4 is 10.2 Å². The Bertz CT molecular complexity index is 1010. The van der Waals surface area contributed by atoms with Gasteiger partial charge in [-0.2, -0.15) is 0 Å². The topological polar surface area (TPSA) is 45.2 Å². The molecule has 1 saturated carbocycles. The summed E-state index contributed by atoms with van der Waals surface area (Å²) < 4.78 is 0. The molecule has 4 nitrogen and oxygen atoms in total. The number of aromatic nitrogens is 1. The Balaban J connectivity index is 1.62. The largest absolute Gasteiger partial charge is 0.357 e. The van der Waals surface area contributed by atoms with Crippen molar-refractivity contribution >= 4 is 34.2 Å². The van der Waals surface area contributed by atoms with Crippen LogP contribution >= 0.6 is 11.6 Å². The maximum absolute atomic E-state index is 13.1. The number of anilines is 1. The first-order valence-electron chi connectivity index (χ1n) is 10.3. The minimum absolute atomic E-state index is 0.0955. The van der Waals surface area contributed by atoms with E-state index in [0.29, 0.717) is 23.2 Å². The van der Waals surface area contributed by atoms with Crippen molar-refractivity contribution in [1.82, 2.24) is 10.3 Å². The average molecular weight is 408 g/mol. The van der Waals surface area contributed by atoms with E-state index >= 15 is 0 Å². The van der Waals surface area contributed by atoms with Gasteiger partial charge in [-0.05, 0) is 42.7 Å². The van der Waals surface area contributed by atoms with Gasteiger partial charge in [0.25, 0.3) is 5.91 Å². The number of carbonyl (C=O) groups excluding carboxylic acids is 1. The molecule has 0 bridgehead atoms. The van der Waals surface area contributed by atoms with Crippen molar-refractivity contribution < 1.29 is 4.79 Å². The SMILES string of the molecule is CN(c1cc(C(=O)NCc2cccc(Cl)c2)c2ccccc2n1)C1CCCCC1. The Hall–Kier alpha value is -2.59. The number of fused-ring (bicyclic) bond motifs is 1. The van der Waals surface area contributed by atoms with Crippen LogP contribution in [0.4, 0.5) is 5.82 Å². The van der Waals surface area contributed by atoms with Crippen LogP contribution in [0.3, 0.4) is 0 Å². The van der Waals surface area contributed by atoms with E-state index < -0.39 is 0 Å². The molecule has 1 heterocycles. The zero-order valence-corrected chi connectivity index (χ0v) is 17.5. The predicted octanol–water partition coefficient (Wildman–Crippen LogP) is 5.59. The fourth-order valence-electron chi connectivity index (χ4n) is 4.11. The van der Waals surface area contributed by atoms with Gasteiger partial charge in [-0.15, -0.1) is 0 Å². The molecule has 1 amide bonds. The molecule has 2 aromatic carbocycles. The van der Waals surface area contributed by atoms with Gasteiger partial charge in [-0.3, -0.25) is 4.79 Å². The van der Waals surface area contributed by atoms with Crippen molar-refractivity contribution in [1.29, 1.82) is 0 Å². The molecule has 0 radical (unpaired) electrons. The van der Waals surface area contributed by atoms with Gasteiger partial charge in [-0.25, -0.2) is 4.98 Å². The number of carbonyl (C=O) groups is 1. The number of halogens is 1. The summed E-state index contributed by atoms with van der Waals surface area (Å²) in [5, 5.41) is 4.58. The van der Waals surface area contributed by atoms with Gasteiger partial charge in [0.1, 0.15) is 5.82 Å². The first-order valence-corrected chi connectivity index (χ1v) is 10.6. The first-order chi connectivity index (χ1) is 14.1. The van der Waals surface area contributed by atoms with Crippen LogP contribution in [0.2, 0.25) is 5.02 Å². The van der Waals surface area contributed by atoms with Crippen molar-refractivity contribution in [2.75, 3.05) is 11.9 Å². The predicted molar refractivity (Wildman–Crippen MR) is 120 cm³/mol. The van der Waals surface area contributed by atoms with Gasteiger partial charge in [0.15, 0.2) is 0 Å². The van der Waals surface area contributed by atoms with Gasteiger partial charge in [0, 0.05) is 30.0 Å². The minimum Gasteiger partial charge on any atom is -0.357 e. The van der Waals surface area contributed by atoms with Crippen LogP contribution in [0.5, 0.6) is 0 Å². The van der Waals surface area contributed by atoms with Gasteiger partial charge in [0.05, 0.1) is 11.1 Å². The standard InChI is InChI=1S/C24H26ClN3O/c1-28(19-10-3-2-4-11-19)23-15-21(20-12-5-6-13-22(20)27-23)24(29)26-16-17-8-7-9-18(25)14-17/h5-9,12-15,19H,2-4,10-11,16H2,1H3,(H,26,29). The van der Waals surface area contributed by atoms with Crippen LogP contribution in [0.15, 0.2) is 54.6 Å². The highest BCUT2D eigenvalue weighted by molar-refractivity contribution is 6.30. The van der Waals surface area contributed by atoms with Crippen molar-refractivity contribution in [3.63, 3.8) is 0 Å². The molecule has 1 N–H and O–H groups in total.